The number of hydrogen-bond donors (Lipinski definition) is 2. The smallest absolute Gasteiger partial charge is 0.354 e. The van der Waals surface area contributed by atoms with E-state index in [1.54, 1.807) is 6.07 Å². The zero-order valence-electron chi connectivity index (χ0n) is 14.1. The van der Waals surface area contributed by atoms with Crippen LogP contribution in [0.5, 0.6) is 0 Å². The van der Waals surface area contributed by atoms with E-state index in [4.69, 9.17) is 0 Å². The van der Waals surface area contributed by atoms with Crippen LogP contribution in [0, 0.1) is 0 Å². The molecule has 25 heavy (non-hydrogen) atoms. The number of nitrogens with zero attached hydrogens (tertiary/aromatic N) is 1. The van der Waals surface area contributed by atoms with E-state index < -0.39 is 5.97 Å². The van der Waals surface area contributed by atoms with E-state index in [1.165, 1.54) is 5.56 Å². The number of hydrogen-bond acceptors (Lipinski definition) is 2. The molecule has 4 aromatic rings. The van der Waals surface area contributed by atoms with Gasteiger partial charge in [0.15, 0.2) is 0 Å². The Balaban J connectivity index is 2.02. The third-order valence-electron chi connectivity index (χ3n) is 4.57. The minimum absolute atomic E-state index is 0.0557. The Morgan fingerprint density at radius 1 is 1.04 bits per heavy atom. The number of para-hydroxylation sites is 1. The quantitative estimate of drug-likeness (QED) is 0.542. The summed E-state index contributed by atoms with van der Waals surface area (Å²) in [6, 6.07) is 17.7. The van der Waals surface area contributed by atoms with Crippen LogP contribution in [0.1, 0.15) is 35.8 Å². The number of aromatic carboxylic acids is 1. The second-order valence-corrected chi connectivity index (χ2v) is 6.53. The lowest BCUT2D eigenvalue weighted by molar-refractivity contribution is 0.0691. The van der Waals surface area contributed by atoms with E-state index in [2.05, 4.69) is 35.9 Å². The number of carboxylic acids is 1. The van der Waals surface area contributed by atoms with Crippen LogP contribution in [0.25, 0.3) is 33.1 Å². The molecule has 0 aliphatic carbocycles. The van der Waals surface area contributed by atoms with Crippen molar-refractivity contribution in [1.29, 1.82) is 0 Å². The second kappa shape index (κ2) is 5.74. The van der Waals surface area contributed by atoms with Crippen molar-refractivity contribution in [3.05, 3.63) is 65.9 Å². The molecule has 0 radical (unpaired) electrons. The molecular formula is C21H18N2O2. The third kappa shape index (κ3) is 2.56. The number of pyridine rings is 1. The fourth-order valence-corrected chi connectivity index (χ4v) is 3.19. The summed E-state index contributed by atoms with van der Waals surface area (Å²) in [5.41, 5.74) is 4.71. The maximum Gasteiger partial charge on any atom is 0.354 e. The molecule has 0 spiro atoms. The average molecular weight is 330 g/mol. The van der Waals surface area contributed by atoms with Gasteiger partial charge in [-0.2, -0.15) is 0 Å². The number of rotatable bonds is 3. The summed E-state index contributed by atoms with van der Waals surface area (Å²) in [6.45, 7) is 4.29. The van der Waals surface area contributed by atoms with Gasteiger partial charge < -0.3 is 10.1 Å². The van der Waals surface area contributed by atoms with Crippen molar-refractivity contribution in [3.63, 3.8) is 0 Å². The molecule has 0 aliphatic rings. The summed E-state index contributed by atoms with van der Waals surface area (Å²) < 4.78 is 0. The lowest BCUT2D eigenvalue weighted by Crippen LogP contribution is -2.01. The number of benzene rings is 2. The summed E-state index contributed by atoms with van der Waals surface area (Å²) in [4.78, 5) is 19.4. The highest BCUT2D eigenvalue weighted by atomic mass is 16.4. The van der Waals surface area contributed by atoms with Crippen LogP contribution in [0.3, 0.4) is 0 Å². The minimum atomic E-state index is -1.02. The number of carboxylic acid groups (broad SMARTS) is 1. The lowest BCUT2D eigenvalue weighted by Gasteiger charge is -2.08. The molecule has 0 fully saturated rings. The van der Waals surface area contributed by atoms with Gasteiger partial charge in [-0.25, -0.2) is 9.78 Å². The molecule has 0 amide bonds. The number of aromatic nitrogens is 2. The lowest BCUT2D eigenvalue weighted by atomic mass is 10.00. The molecule has 2 N–H and O–H groups in total. The van der Waals surface area contributed by atoms with E-state index in [1.807, 2.05) is 36.4 Å². The van der Waals surface area contributed by atoms with E-state index in [0.29, 0.717) is 11.6 Å². The van der Waals surface area contributed by atoms with Crippen molar-refractivity contribution < 1.29 is 9.90 Å². The van der Waals surface area contributed by atoms with Crippen LogP contribution >= 0.6 is 0 Å². The van der Waals surface area contributed by atoms with Crippen molar-refractivity contribution in [3.8, 4) is 11.3 Å². The van der Waals surface area contributed by atoms with Crippen LogP contribution in [0.2, 0.25) is 0 Å². The van der Waals surface area contributed by atoms with E-state index in [9.17, 15) is 9.90 Å². The highest BCUT2D eigenvalue weighted by molar-refractivity contribution is 6.12. The van der Waals surface area contributed by atoms with E-state index in [0.717, 1.165) is 27.4 Å². The van der Waals surface area contributed by atoms with Crippen LogP contribution < -0.4 is 0 Å². The Bertz CT molecular complexity index is 1090. The highest BCUT2D eigenvalue weighted by Gasteiger charge is 2.16. The van der Waals surface area contributed by atoms with E-state index >= 15 is 0 Å². The maximum atomic E-state index is 11.6. The number of nitrogens with one attached hydrogen (secondary N) is 1. The molecule has 124 valence electrons. The van der Waals surface area contributed by atoms with Crippen LogP contribution in [-0.2, 0) is 0 Å². The summed E-state index contributed by atoms with van der Waals surface area (Å²) in [5, 5.41) is 11.4. The molecule has 0 atom stereocenters. The standard InChI is InChI=1S/C21H18N2O2/c1-12(2)13-7-9-14(10-8-13)19-20-16(11-18(23-19)21(24)25)15-5-3-4-6-17(15)22-20/h3-12,22H,1-2H3,(H,24,25). The molecule has 4 rings (SSSR count). The third-order valence-corrected chi connectivity index (χ3v) is 4.57. The number of fused-ring (bicyclic) bond motifs is 3. The van der Waals surface area contributed by atoms with Crippen molar-refractivity contribution >= 4 is 27.8 Å². The minimum Gasteiger partial charge on any atom is -0.477 e. The van der Waals surface area contributed by atoms with Crippen LogP contribution in [0.4, 0.5) is 0 Å². The second-order valence-electron chi connectivity index (χ2n) is 6.53. The van der Waals surface area contributed by atoms with Crippen LogP contribution in [0.15, 0.2) is 54.6 Å². The molecule has 2 aromatic carbocycles. The van der Waals surface area contributed by atoms with Gasteiger partial charge in [-0.1, -0.05) is 56.3 Å². The Kier molecular flexibility index (Phi) is 3.53. The molecule has 2 heterocycles. The zero-order chi connectivity index (χ0) is 17.6. The Morgan fingerprint density at radius 2 is 1.76 bits per heavy atom. The van der Waals surface area contributed by atoms with E-state index in [-0.39, 0.29) is 5.69 Å². The van der Waals surface area contributed by atoms with Gasteiger partial charge in [0.1, 0.15) is 5.69 Å². The van der Waals surface area contributed by atoms with Gasteiger partial charge >= 0.3 is 5.97 Å². The molecule has 4 nitrogen and oxygen atoms in total. The number of carbonyl (C=O) groups is 1. The van der Waals surface area contributed by atoms with Gasteiger partial charge in [0.2, 0.25) is 0 Å². The van der Waals surface area contributed by atoms with Crippen molar-refractivity contribution in [2.45, 2.75) is 19.8 Å². The Morgan fingerprint density at radius 3 is 2.44 bits per heavy atom. The largest absolute Gasteiger partial charge is 0.477 e. The van der Waals surface area contributed by atoms with Gasteiger partial charge in [0.05, 0.1) is 11.2 Å². The summed E-state index contributed by atoms with van der Waals surface area (Å²) in [5.74, 6) is -0.576. The zero-order valence-corrected chi connectivity index (χ0v) is 14.1. The molecule has 0 bridgehead atoms. The van der Waals surface area contributed by atoms with Gasteiger partial charge in [-0.05, 0) is 23.6 Å². The number of aromatic amines is 1. The predicted molar refractivity (Wildman–Crippen MR) is 100 cm³/mol. The summed E-state index contributed by atoms with van der Waals surface area (Å²) in [7, 11) is 0. The van der Waals surface area contributed by atoms with Crippen LogP contribution in [-0.4, -0.2) is 21.0 Å². The monoisotopic (exact) mass is 330 g/mol. The van der Waals surface area contributed by atoms with Gasteiger partial charge in [-0.3, -0.25) is 0 Å². The average Bonchev–Trinajstić information content (AvgIpc) is 2.99. The van der Waals surface area contributed by atoms with Gasteiger partial charge in [0, 0.05) is 21.9 Å². The first-order valence-corrected chi connectivity index (χ1v) is 8.29. The Hall–Kier alpha value is -3.14. The first-order valence-electron chi connectivity index (χ1n) is 8.29. The van der Waals surface area contributed by atoms with Crippen molar-refractivity contribution in [1.82, 2.24) is 9.97 Å². The maximum absolute atomic E-state index is 11.6. The molecule has 0 saturated carbocycles. The predicted octanol–water partition coefficient (Wildman–Crippen LogP) is 5.20. The highest BCUT2D eigenvalue weighted by Crippen LogP contribution is 2.33. The first kappa shape index (κ1) is 15.4. The molecule has 2 aromatic heterocycles. The molecule has 0 aliphatic heterocycles. The summed E-state index contributed by atoms with van der Waals surface area (Å²) in [6.07, 6.45) is 0. The number of H-pyrrole nitrogens is 1. The molecular weight excluding hydrogens is 312 g/mol. The SMILES string of the molecule is CC(C)c1ccc(-c2nc(C(=O)O)cc3c2[nH]c2ccccc23)cc1. The van der Waals surface area contributed by atoms with Gasteiger partial charge in [0.25, 0.3) is 0 Å². The molecule has 4 heteroatoms. The normalized spacial score (nSPS) is 11.5. The molecule has 0 saturated heterocycles. The molecule has 0 unspecified atom stereocenters. The van der Waals surface area contributed by atoms with Crippen molar-refractivity contribution in [2.75, 3.05) is 0 Å². The fourth-order valence-electron chi connectivity index (χ4n) is 3.19. The first-order chi connectivity index (χ1) is 12.0. The van der Waals surface area contributed by atoms with Gasteiger partial charge in [-0.15, -0.1) is 0 Å². The Labute approximate surface area is 145 Å². The fraction of sp³-hybridized carbons (Fsp3) is 0.143. The topological polar surface area (TPSA) is 66.0 Å². The van der Waals surface area contributed by atoms with Crippen molar-refractivity contribution in [2.24, 2.45) is 0 Å². The summed E-state index contributed by atoms with van der Waals surface area (Å²) >= 11 is 0.